The highest BCUT2D eigenvalue weighted by molar-refractivity contribution is 5.75. The van der Waals surface area contributed by atoms with Gasteiger partial charge in [-0.3, -0.25) is 4.79 Å². The number of nitrogens with one attached hydrogen (secondary N) is 1. The fourth-order valence-corrected chi connectivity index (χ4v) is 1.63. The predicted octanol–water partition coefficient (Wildman–Crippen LogP) is 1.23. The summed E-state index contributed by atoms with van der Waals surface area (Å²) in [6.45, 7) is 4.12. The number of rotatable bonds is 6. The van der Waals surface area contributed by atoms with E-state index >= 15 is 0 Å². The first-order chi connectivity index (χ1) is 8.13. The van der Waals surface area contributed by atoms with Crippen LogP contribution in [0.25, 0.3) is 0 Å². The van der Waals surface area contributed by atoms with E-state index in [0.717, 1.165) is 24.3 Å². The van der Waals surface area contributed by atoms with Crippen molar-refractivity contribution in [1.29, 1.82) is 0 Å². The van der Waals surface area contributed by atoms with Crippen molar-refractivity contribution in [3.05, 3.63) is 29.8 Å². The number of benzene rings is 1. The molecular weight excluding hydrogens is 214 g/mol. The number of nitrogens with two attached hydrogens (primary N) is 1. The van der Waals surface area contributed by atoms with Crippen LogP contribution in [0, 0.1) is 0 Å². The highest BCUT2D eigenvalue weighted by Crippen LogP contribution is 2.12. The highest BCUT2D eigenvalue weighted by Gasteiger charge is 2.05. The fourth-order valence-electron chi connectivity index (χ4n) is 1.63. The quantitative estimate of drug-likeness (QED) is 0.729. The molecule has 0 aromatic heterocycles. The zero-order chi connectivity index (χ0) is 12.7. The van der Waals surface area contributed by atoms with Crippen molar-refractivity contribution in [1.82, 2.24) is 10.2 Å². The third-order valence-electron chi connectivity index (χ3n) is 2.59. The van der Waals surface area contributed by atoms with Gasteiger partial charge in [-0.15, -0.1) is 0 Å². The van der Waals surface area contributed by atoms with Gasteiger partial charge in [-0.25, -0.2) is 0 Å². The topological polar surface area (TPSA) is 58.4 Å². The average Bonchev–Trinajstić information content (AvgIpc) is 2.30. The molecule has 4 heteroatoms. The first kappa shape index (κ1) is 13.5. The molecule has 0 heterocycles. The number of para-hydroxylation sites is 1. The number of hydrogen-bond donors (Lipinski definition) is 2. The van der Waals surface area contributed by atoms with Gasteiger partial charge in [-0.2, -0.15) is 0 Å². The van der Waals surface area contributed by atoms with Crippen molar-refractivity contribution in [2.24, 2.45) is 0 Å². The number of nitrogen functional groups attached to an aromatic ring is 1. The molecule has 1 aromatic carbocycles. The van der Waals surface area contributed by atoms with Gasteiger partial charge in [0.25, 0.3) is 0 Å². The molecule has 4 nitrogen and oxygen atoms in total. The van der Waals surface area contributed by atoms with Gasteiger partial charge in [-0.1, -0.05) is 18.2 Å². The average molecular weight is 235 g/mol. The molecule has 1 aromatic rings. The molecule has 0 saturated heterocycles. The van der Waals surface area contributed by atoms with Crippen LogP contribution in [0.3, 0.4) is 0 Å². The molecule has 0 bridgehead atoms. The number of nitrogens with zero attached hydrogens (tertiary/aromatic N) is 1. The minimum Gasteiger partial charge on any atom is -0.398 e. The monoisotopic (exact) mass is 235 g/mol. The molecule has 0 fully saturated rings. The van der Waals surface area contributed by atoms with Gasteiger partial charge < -0.3 is 16.0 Å². The first-order valence-electron chi connectivity index (χ1n) is 5.92. The molecule has 0 aliphatic heterocycles. The number of carbonyl (C=O) groups excluding carboxylic acids is 1. The van der Waals surface area contributed by atoms with Gasteiger partial charge in [0.15, 0.2) is 0 Å². The van der Waals surface area contributed by atoms with E-state index in [1.807, 2.05) is 38.2 Å². The Bertz CT molecular complexity index is 365. The van der Waals surface area contributed by atoms with Gasteiger partial charge in [0.05, 0.1) is 0 Å². The van der Waals surface area contributed by atoms with Crippen molar-refractivity contribution in [3.8, 4) is 0 Å². The van der Waals surface area contributed by atoms with Crippen molar-refractivity contribution >= 4 is 11.6 Å². The third-order valence-corrected chi connectivity index (χ3v) is 2.59. The summed E-state index contributed by atoms with van der Waals surface area (Å²) in [5.41, 5.74) is 7.77. The van der Waals surface area contributed by atoms with E-state index in [4.69, 9.17) is 5.73 Å². The molecule has 94 valence electrons. The van der Waals surface area contributed by atoms with E-state index in [1.165, 1.54) is 0 Å². The van der Waals surface area contributed by atoms with Crippen molar-refractivity contribution in [3.63, 3.8) is 0 Å². The Labute approximate surface area is 103 Å². The normalized spacial score (nSPS) is 10.5. The lowest BCUT2D eigenvalue weighted by Crippen LogP contribution is -2.28. The summed E-state index contributed by atoms with van der Waals surface area (Å²) in [5, 5.41) is 2.79. The van der Waals surface area contributed by atoms with Gasteiger partial charge in [0.1, 0.15) is 0 Å². The summed E-state index contributed by atoms with van der Waals surface area (Å²) in [5.74, 6) is 0.0976. The van der Waals surface area contributed by atoms with Crippen LogP contribution in [0.5, 0.6) is 0 Å². The maximum atomic E-state index is 11.3. The molecule has 0 aliphatic carbocycles. The lowest BCUT2D eigenvalue weighted by molar-refractivity contribution is -0.121. The van der Waals surface area contributed by atoms with Gasteiger partial charge in [-0.05, 0) is 25.6 Å². The number of hydrogen-bond acceptors (Lipinski definition) is 3. The van der Waals surface area contributed by atoms with Crippen molar-refractivity contribution in [2.45, 2.75) is 19.9 Å². The lowest BCUT2D eigenvalue weighted by atomic mass is 10.1. The van der Waals surface area contributed by atoms with Crippen LogP contribution in [0.2, 0.25) is 0 Å². The van der Waals surface area contributed by atoms with Gasteiger partial charge in [0, 0.05) is 31.7 Å². The third kappa shape index (κ3) is 4.87. The second-order valence-electron chi connectivity index (χ2n) is 4.14. The van der Waals surface area contributed by atoms with Crippen LogP contribution in [0.4, 0.5) is 5.69 Å². The summed E-state index contributed by atoms with van der Waals surface area (Å²) < 4.78 is 0. The van der Waals surface area contributed by atoms with E-state index < -0.39 is 0 Å². The highest BCUT2D eigenvalue weighted by atomic mass is 16.1. The maximum absolute atomic E-state index is 11.3. The van der Waals surface area contributed by atoms with Crippen molar-refractivity contribution < 1.29 is 4.79 Å². The van der Waals surface area contributed by atoms with E-state index in [-0.39, 0.29) is 5.91 Å². The number of anilines is 1. The summed E-state index contributed by atoms with van der Waals surface area (Å²) in [4.78, 5) is 13.4. The van der Waals surface area contributed by atoms with E-state index in [9.17, 15) is 4.79 Å². The van der Waals surface area contributed by atoms with E-state index in [1.54, 1.807) is 0 Å². The molecule has 1 rings (SSSR count). The molecule has 0 spiro atoms. The number of amides is 1. The molecule has 0 radical (unpaired) electrons. The molecule has 0 saturated carbocycles. The minimum atomic E-state index is 0.0976. The van der Waals surface area contributed by atoms with Crippen LogP contribution in [0.15, 0.2) is 24.3 Å². The zero-order valence-electron chi connectivity index (χ0n) is 10.6. The Morgan fingerprint density at radius 2 is 2.12 bits per heavy atom. The molecule has 0 unspecified atom stereocenters. The Morgan fingerprint density at radius 1 is 1.41 bits per heavy atom. The summed E-state index contributed by atoms with van der Waals surface area (Å²) >= 11 is 0. The molecular formula is C13H21N3O. The maximum Gasteiger partial charge on any atom is 0.221 e. The fraction of sp³-hybridized carbons (Fsp3) is 0.462. The molecule has 3 N–H and O–H groups in total. The van der Waals surface area contributed by atoms with Crippen LogP contribution in [0.1, 0.15) is 18.9 Å². The molecule has 17 heavy (non-hydrogen) atoms. The van der Waals surface area contributed by atoms with Crippen LogP contribution in [-0.4, -0.2) is 30.9 Å². The van der Waals surface area contributed by atoms with E-state index in [0.29, 0.717) is 13.0 Å². The lowest BCUT2D eigenvalue weighted by Gasteiger charge is -2.17. The predicted molar refractivity (Wildman–Crippen MR) is 70.5 cm³/mol. The Balaban J connectivity index is 2.37. The largest absolute Gasteiger partial charge is 0.398 e. The SMILES string of the molecule is CCNC(=O)CCN(C)Cc1ccccc1N. The standard InChI is InChI=1S/C13H21N3O/c1-3-15-13(17)8-9-16(2)10-11-6-4-5-7-12(11)14/h4-7H,3,8-10,14H2,1-2H3,(H,15,17). The molecule has 1 amide bonds. The van der Waals surface area contributed by atoms with E-state index in [2.05, 4.69) is 10.2 Å². The van der Waals surface area contributed by atoms with Crippen LogP contribution < -0.4 is 11.1 Å². The summed E-state index contributed by atoms with van der Waals surface area (Å²) in [7, 11) is 1.99. The first-order valence-corrected chi connectivity index (χ1v) is 5.92. The van der Waals surface area contributed by atoms with Crippen LogP contribution >= 0.6 is 0 Å². The van der Waals surface area contributed by atoms with Gasteiger partial charge in [0.2, 0.25) is 5.91 Å². The number of carbonyl (C=O) groups is 1. The molecule has 0 atom stereocenters. The summed E-state index contributed by atoms with van der Waals surface area (Å²) in [6, 6.07) is 7.81. The Kier molecular flexibility index (Phi) is 5.49. The van der Waals surface area contributed by atoms with Gasteiger partial charge >= 0.3 is 0 Å². The minimum absolute atomic E-state index is 0.0976. The smallest absolute Gasteiger partial charge is 0.221 e. The second kappa shape index (κ2) is 6.91. The Hall–Kier alpha value is -1.55. The zero-order valence-corrected chi connectivity index (χ0v) is 10.6. The van der Waals surface area contributed by atoms with Crippen LogP contribution in [-0.2, 0) is 11.3 Å². The van der Waals surface area contributed by atoms with Crippen molar-refractivity contribution in [2.75, 3.05) is 25.9 Å². The Morgan fingerprint density at radius 3 is 2.76 bits per heavy atom. The molecule has 0 aliphatic rings. The second-order valence-corrected chi connectivity index (χ2v) is 4.14. The summed E-state index contributed by atoms with van der Waals surface area (Å²) in [6.07, 6.45) is 0.525.